The minimum absolute atomic E-state index is 0.234. The van der Waals surface area contributed by atoms with E-state index in [2.05, 4.69) is 4.72 Å². The standard InChI is InChI=1S/C18H17NO3S/c1-2-22-17-9-5-8-16(13-17)19-23(20,21)18-11-10-14-6-3-4-7-15(14)12-18/h3-13,19H,2H2,1H3. The third-order valence-electron chi connectivity index (χ3n) is 3.43. The van der Waals surface area contributed by atoms with Crippen molar-refractivity contribution in [2.75, 3.05) is 11.3 Å². The molecule has 3 aromatic rings. The van der Waals surface area contributed by atoms with Crippen LogP contribution in [-0.4, -0.2) is 15.0 Å². The topological polar surface area (TPSA) is 55.4 Å². The molecule has 0 aliphatic rings. The first-order valence-electron chi connectivity index (χ1n) is 7.33. The van der Waals surface area contributed by atoms with Crippen LogP contribution in [0.2, 0.25) is 0 Å². The van der Waals surface area contributed by atoms with E-state index in [9.17, 15) is 8.42 Å². The molecule has 0 heterocycles. The molecule has 0 radical (unpaired) electrons. The van der Waals surface area contributed by atoms with Gasteiger partial charge in [0.25, 0.3) is 10.0 Å². The van der Waals surface area contributed by atoms with Crippen LogP contribution in [0.3, 0.4) is 0 Å². The van der Waals surface area contributed by atoms with Gasteiger partial charge in [-0.15, -0.1) is 0 Å². The third-order valence-corrected chi connectivity index (χ3v) is 4.81. The zero-order chi connectivity index (χ0) is 16.3. The highest BCUT2D eigenvalue weighted by molar-refractivity contribution is 7.92. The van der Waals surface area contributed by atoms with Crippen molar-refractivity contribution in [3.63, 3.8) is 0 Å². The Kier molecular flexibility index (Phi) is 4.21. The Labute approximate surface area is 135 Å². The molecule has 3 aromatic carbocycles. The minimum Gasteiger partial charge on any atom is -0.494 e. The van der Waals surface area contributed by atoms with Crippen LogP contribution in [0, 0.1) is 0 Å². The van der Waals surface area contributed by atoms with Gasteiger partial charge >= 0.3 is 0 Å². The predicted molar refractivity (Wildman–Crippen MR) is 92.4 cm³/mol. The molecule has 4 nitrogen and oxygen atoms in total. The number of nitrogens with one attached hydrogen (secondary N) is 1. The van der Waals surface area contributed by atoms with Crippen LogP contribution < -0.4 is 9.46 Å². The van der Waals surface area contributed by atoms with E-state index < -0.39 is 10.0 Å². The lowest BCUT2D eigenvalue weighted by Crippen LogP contribution is -2.12. The predicted octanol–water partition coefficient (Wildman–Crippen LogP) is 4.04. The van der Waals surface area contributed by atoms with Gasteiger partial charge in [0.1, 0.15) is 5.75 Å². The Morgan fingerprint density at radius 1 is 0.913 bits per heavy atom. The van der Waals surface area contributed by atoms with E-state index in [0.29, 0.717) is 18.0 Å². The largest absolute Gasteiger partial charge is 0.494 e. The fourth-order valence-corrected chi connectivity index (χ4v) is 3.45. The Bertz CT molecular complexity index is 936. The number of rotatable bonds is 5. The van der Waals surface area contributed by atoms with Crippen LogP contribution >= 0.6 is 0 Å². The zero-order valence-corrected chi connectivity index (χ0v) is 13.5. The van der Waals surface area contributed by atoms with Gasteiger partial charge in [-0.25, -0.2) is 8.42 Å². The van der Waals surface area contributed by atoms with Gasteiger partial charge in [0.05, 0.1) is 17.2 Å². The highest BCUT2D eigenvalue weighted by Crippen LogP contribution is 2.23. The summed E-state index contributed by atoms with van der Waals surface area (Å²) < 4.78 is 33.1. The molecule has 0 saturated carbocycles. The molecule has 0 aromatic heterocycles. The van der Waals surface area contributed by atoms with Crippen LogP contribution in [0.15, 0.2) is 71.6 Å². The van der Waals surface area contributed by atoms with Gasteiger partial charge in [-0.1, -0.05) is 36.4 Å². The van der Waals surface area contributed by atoms with Crippen LogP contribution in [0.4, 0.5) is 5.69 Å². The fourth-order valence-electron chi connectivity index (χ4n) is 2.36. The number of fused-ring (bicyclic) bond motifs is 1. The molecule has 118 valence electrons. The monoisotopic (exact) mass is 327 g/mol. The summed E-state index contributed by atoms with van der Waals surface area (Å²) in [5.41, 5.74) is 0.476. The molecule has 0 amide bonds. The maximum absolute atomic E-state index is 12.6. The van der Waals surface area contributed by atoms with Gasteiger partial charge in [-0.05, 0) is 42.0 Å². The number of benzene rings is 3. The van der Waals surface area contributed by atoms with Crippen molar-refractivity contribution in [2.45, 2.75) is 11.8 Å². The van der Waals surface area contributed by atoms with E-state index in [1.54, 1.807) is 42.5 Å². The Morgan fingerprint density at radius 3 is 2.48 bits per heavy atom. The second-order valence-corrected chi connectivity index (χ2v) is 6.76. The molecule has 1 N–H and O–H groups in total. The Hall–Kier alpha value is -2.53. The van der Waals surface area contributed by atoms with E-state index in [1.165, 1.54) is 0 Å². The molecule has 23 heavy (non-hydrogen) atoms. The average Bonchev–Trinajstić information content (AvgIpc) is 2.54. The summed E-state index contributed by atoms with van der Waals surface area (Å²) in [5, 5.41) is 1.89. The molecule has 0 fully saturated rings. The summed E-state index contributed by atoms with van der Waals surface area (Å²) in [6, 6.07) is 19.6. The second-order valence-electron chi connectivity index (χ2n) is 5.08. The molecular formula is C18H17NO3S. The van der Waals surface area contributed by atoms with Crippen molar-refractivity contribution in [2.24, 2.45) is 0 Å². The highest BCUT2D eigenvalue weighted by atomic mass is 32.2. The Morgan fingerprint density at radius 2 is 1.70 bits per heavy atom. The van der Waals surface area contributed by atoms with Crippen molar-refractivity contribution >= 4 is 26.5 Å². The fraction of sp³-hybridized carbons (Fsp3) is 0.111. The molecule has 0 spiro atoms. The maximum Gasteiger partial charge on any atom is 0.261 e. The van der Waals surface area contributed by atoms with Crippen LogP contribution in [0.1, 0.15) is 6.92 Å². The van der Waals surface area contributed by atoms with Crippen molar-refractivity contribution in [3.05, 3.63) is 66.7 Å². The first kappa shape index (κ1) is 15.4. The van der Waals surface area contributed by atoms with Crippen LogP contribution in [-0.2, 0) is 10.0 Å². The number of sulfonamides is 1. The lowest BCUT2D eigenvalue weighted by molar-refractivity contribution is 0.340. The van der Waals surface area contributed by atoms with Crippen molar-refractivity contribution in [3.8, 4) is 5.75 Å². The lowest BCUT2D eigenvalue weighted by atomic mass is 10.1. The smallest absolute Gasteiger partial charge is 0.261 e. The average molecular weight is 327 g/mol. The number of anilines is 1. The van der Waals surface area contributed by atoms with Gasteiger partial charge in [-0.2, -0.15) is 0 Å². The molecule has 0 atom stereocenters. The van der Waals surface area contributed by atoms with Gasteiger partial charge in [0.15, 0.2) is 0 Å². The van der Waals surface area contributed by atoms with Gasteiger partial charge in [-0.3, -0.25) is 4.72 Å². The molecule has 0 unspecified atom stereocenters. The van der Waals surface area contributed by atoms with Crippen LogP contribution in [0.5, 0.6) is 5.75 Å². The number of ether oxygens (including phenoxy) is 1. The lowest BCUT2D eigenvalue weighted by Gasteiger charge is -2.10. The quantitative estimate of drug-likeness (QED) is 0.769. The van der Waals surface area contributed by atoms with Crippen LogP contribution in [0.25, 0.3) is 10.8 Å². The summed E-state index contributed by atoms with van der Waals surface area (Å²) in [5.74, 6) is 0.631. The molecule has 0 aliphatic heterocycles. The highest BCUT2D eigenvalue weighted by Gasteiger charge is 2.15. The molecule has 0 saturated heterocycles. The van der Waals surface area contributed by atoms with E-state index in [0.717, 1.165) is 10.8 Å². The minimum atomic E-state index is -3.64. The summed E-state index contributed by atoms with van der Waals surface area (Å²) in [7, 11) is -3.64. The van der Waals surface area contributed by atoms with Crippen molar-refractivity contribution < 1.29 is 13.2 Å². The van der Waals surface area contributed by atoms with E-state index in [-0.39, 0.29) is 4.90 Å². The van der Waals surface area contributed by atoms with Gasteiger partial charge < -0.3 is 4.74 Å². The number of hydrogen-bond donors (Lipinski definition) is 1. The maximum atomic E-state index is 12.6. The van der Waals surface area contributed by atoms with Gasteiger partial charge in [0, 0.05) is 6.07 Å². The molecule has 3 rings (SSSR count). The van der Waals surface area contributed by atoms with E-state index in [1.807, 2.05) is 31.2 Å². The first-order chi connectivity index (χ1) is 11.1. The summed E-state index contributed by atoms with van der Waals surface area (Å²) in [6.45, 7) is 2.41. The van der Waals surface area contributed by atoms with E-state index >= 15 is 0 Å². The summed E-state index contributed by atoms with van der Waals surface area (Å²) in [6.07, 6.45) is 0. The third kappa shape index (κ3) is 3.46. The Balaban J connectivity index is 1.92. The molecular weight excluding hydrogens is 310 g/mol. The van der Waals surface area contributed by atoms with Crippen molar-refractivity contribution in [1.29, 1.82) is 0 Å². The molecule has 0 bridgehead atoms. The van der Waals surface area contributed by atoms with Crippen molar-refractivity contribution in [1.82, 2.24) is 0 Å². The molecule has 0 aliphatic carbocycles. The first-order valence-corrected chi connectivity index (χ1v) is 8.81. The zero-order valence-electron chi connectivity index (χ0n) is 12.7. The SMILES string of the molecule is CCOc1cccc(NS(=O)(=O)c2ccc3ccccc3c2)c1. The summed E-state index contributed by atoms with van der Waals surface area (Å²) >= 11 is 0. The summed E-state index contributed by atoms with van der Waals surface area (Å²) in [4.78, 5) is 0.234. The normalized spacial score (nSPS) is 11.3. The van der Waals surface area contributed by atoms with Gasteiger partial charge in [0.2, 0.25) is 0 Å². The second kappa shape index (κ2) is 6.30. The van der Waals surface area contributed by atoms with E-state index in [4.69, 9.17) is 4.74 Å². The number of hydrogen-bond acceptors (Lipinski definition) is 3. The molecule has 5 heteroatoms.